The molecule has 0 fully saturated rings. The second kappa shape index (κ2) is 6.87. The highest BCUT2D eigenvalue weighted by Crippen LogP contribution is 2.20. The van der Waals surface area contributed by atoms with Crippen LogP contribution in [0.2, 0.25) is 0 Å². The molecule has 19 heavy (non-hydrogen) atoms. The van der Waals surface area contributed by atoms with E-state index in [1.165, 1.54) is 5.57 Å². The lowest BCUT2D eigenvalue weighted by molar-refractivity contribution is 0.166. The molecule has 0 aromatic rings. The van der Waals surface area contributed by atoms with Crippen molar-refractivity contribution in [2.75, 3.05) is 39.9 Å². The number of hydrogen-bond donors (Lipinski definition) is 1. The highest BCUT2D eigenvalue weighted by molar-refractivity contribution is 5.08. The SMILES string of the molecule is COCC1=CCN(CC(C)(C)CNC(C)(C)C)CC1. The highest BCUT2D eigenvalue weighted by atomic mass is 16.5. The fourth-order valence-electron chi connectivity index (χ4n) is 2.38. The van der Waals surface area contributed by atoms with Crippen molar-refractivity contribution >= 4 is 0 Å². The third-order valence-electron chi connectivity index (χ3n) is 3.47. The molecule has 1 rings (SSSR count). The molecule has 0 aliphatic carbocycles. The molecule has 112 valence electrons. The predicted octanol–water partition coefficient (Wildman–Crippen LogP) is 2.68. The molecule has 0 bridgehead atoms. The van der Waals surface area contributed by atoms with Crippen LogP contribution in [-0.2, 0) is 4.74 Å². The number of rotatable bonds is 6. The molecule has 3 heteroatoms. The van der Waals surface area contributed by atoms with E-state index in [0.717, 1.165) is 39.2 Å². The number of hydrogen-bond acceptors (Lipinski definition) is 3. The van der Waals surface area contributed by atoms with Gasteiger partial charge in [-0.1, -0.05) is 19.9 Å². The van der Waals surface area contributed by atoms with Gasteiger partial charge in [-0.3, -0.25) is 4.90 Å². The number of nitrogens with one attached hydrogen (secondary N) is 1. The van der Waals surface area contributed by atoms with Crippen LogP contribution in [0.25, 0.3) is 0 Å². The Bertz CT molecular complexity index is 302. The van der Waals surface area contributed by atoms with E-state index in [1.807, 2.05) is 0 Å². The summed E-state index contributed by atoms with van der Waals surface area (Å²) in [5.41, 5.74) is 1.95. The maximum Gasteiger partial charge on any atom is 0.0673 e. The van der Waals surface area contributed by atoms with Crippen molar-refractivity contribution < 1.29 is 4.74 Å². The van der Waals surface area contributed by atoms with Crippen LogP contribution in [0.3, 0.4) is 0 Å². The molecule has 1 aliphatic rings. The van der Waals surface area contributed by atoms with Crippen LogP contribution >= 0.6 is 0 Å². The fourth-order valence-corrected chi connectivity index (χ4v) is 2.38. The minimum absolute atomic E-state index is 0.199. The summed E-state index contributed by atoms with van der Waals surface area (Å²) in [7, 11) is 1.77. The van der Waals surface area contributed by atoms with Gasteiger partial charge >= 0.3 is 0 Å². The van der Waals surface area contributed by atoms with Gasteiger partial charge in [-0.15, -0.1) is 0 Å². The zero-order chi connectivity index (χ0) is 14.5. The molecule has 1 aliphatic heterocycles. The number of ether oxygens (including phenoxy) is 1. The van der Waals surface area contributed by atoms with Crippen LogP contribution < -0.4 is 5.32 Å². The van der Waals surface area contributed by atoms with Gasteiger partial charge in [0.1, 0.15) is 0 Å². The van der Waals surface area contributed by atoms with Crippen molar-refractivity contribution in [1.29, 1.82) is 0 Å². The monoisotopic (exact) mass is 268 g/mol. The first-order valence-electron chi connectivity index (χ1n) is 7.36. The van der Waals surface area contributed by atoms with Crippen molar-refractivity contribution in [2.45, 2.75) is 46.6 Å². The Morgan fingerprint density at radius 3 is 2.42 bits per heavy atom. The van der Waals surface area contributed by atoms with Gasteiger partial charge in [0.2, 0.25) is 0 Å². The van der Waals surface area contributed by atoms with Gasteiger partial charge < -0.3 is 10.1 Å². The average molecular weight is 268 g/mol. The summed E-state index contributed by atoms with van der Waals surface area (Å²) in [5, 5.41) is 3.62. The van der Waals surface area contributed by atoms with E-state index in [9.17, 15) is 0 Å². The Kier molecular flexibility index (Phi) is 6.03. The smallest absolute Gasteiger partial charge is 0.0673 e. The summed E-state index contributed by atoms with van der Waals surface area (Å²) in [6.45, 7) is 16.6. The summed E-state index contributed by atoms with van der Waals surface area (Å²) in [4.78, 5) is 2.55. The summed E-state index contributed by atoms with van der Waals surface area (Å²) >= 11 is 0. The van der Waals surface area contributed by atoms with Crippen molar-refractivity contribution in [3.8, 4) is 0 Å². The van der Waals surface area contributed by atoms with E-state index in [2.05, 4.69) is 50.9 Å². The van der Waals surface area contributed by atoms with E-state index in [4.69, 9.17) is 4.74 Å². The fraction of sp³-hybridized carbons (Fsp3) is 0.875. The Morgan fingerprint density at radius 2 is 1.95 bits per heavy atom. The molecule has 3 nitrogen and oxygen atoms in total. The quantitative estimate of drug-likeness (QED) is 0.750. The van der Waals surface area contributed by atoms with E-state index in [1.54, 1.807) is 7.11 Å². The lowest BCUT2D eigenvalue weighted by atomic mass is 9.90. The molecule has 0 aromatic carbocycles. The Morgan fingerprint density at radius 1 is 1.26 bits per heavy atom. The summed E-state index contributed by atoms with van der Waals surface area (Å²) in [6.07, 6.45) is 3.48. The maximum absolute atomic E-state index is 5.20. The largest absolute Gasteiger partial charge is 0.380 e. The highest BCUT2D eigenvalue weighted by Gasteiger charge is 2.24. The van der Waals surface area contributed by atoms with Gasteiger partial charge in [0.25, 0.3) is 0 Å². The van der Waals surface area contributed by atoms with E-state index < -0.39 is 0 Å². The molecule has 1 heterocycles. The maximum atomic E-state index is 5.20. The molecule has 0 saturated carbocycles. The van der Waals surface area contributed by atoms with E-state index in [0.29, 0.717) is 5.41 Å². The van der Waals surface area contributed by atoms with E-state index >= 15 is 0 Å². The van der Waals surface area contributed by atoms with Crippen molar-refractivity contribution in [3.05, 3.63) is 11.6 Å². The summed E-state index contributed by atoms with van der Waals surface area (Å²) in [5.74, 6) is 0. The van der Waals surface area contributed by atoms with Crippen molar-refractivity contribution in [3.63, 3.8) is 0 Å². The Hall–Kier alpha value is -0.380. The van der Waals surface area contributed by atoms with Gasteiger partial charge in [-0.05, 0) is 38.2 Å². The zero-order valence-corrected chi connectivity index (χ0v) is 13.7. The van der Waals surface area contributed by atoms with Gasteiger partial charge in [-0.25, -0.2) is 0 Å². The first kappa shape index (κ1) is 16.7. The van der Waals surface area contributed by atoms with Crippen LogP contribution in [0.1, 0.15) is 41.0 Å². The van der Waals surface area contributed by atoms with Crippen molar-refractivity contribution in [2.24, 2.45) is 5.41 Å². The first-order chi connectivity index (χ1) is 8.72. The van der Waals surface area contributed by atoms with Crippen LogP contribution in [0, 0.1) is 5.41 Å². The summed E-state index contributed by atoms with van der Waals surface area (Å²) in [6, 6.07) is 0. The van der Waals surface area contributed by atoms with E-state index in [-0.39, 0.29) is 5.54 Å². The third-order valence-corrected chi connectivity index (χ3v) is 3.47. The summed E-state index contributed by atoms with van der Waals surface area (Å²) < 4.78 is 5.20. The third kappa shape index (κ3) is 7.09. The van der Waals surface area contributed by atoms with Gasteiger partial charge in [-0.2, -0.15) is 0 Å². The minimum atomic E-state index is 0.199. The van der Waals surface area contributed by atoms with Crippen LogP contribution in [0.5, 0.6) is 0 Å². The van der Waals surface area contributed by atoms with Crippen molar-refractivity contribution in [1.82, 2.24) is 10.2 Å². The average Bonchev–Trinajstić information content (AvgIpc) is 2.29. The minimum Gasteiger partial charge on any atom is -0.380 e. The van der Waals surface area contributed by atoms with Crippen LogP contribution in [0.15, 0.2) is 11.6 Å². The molecular formula is C16H32N2O. The standard InChI is InChI=1S/C16H32N2O/c1-15(2,3)17-12-16(4,5)13-18-9-7-14(8-10-18)11-19-6/h7,17H,8-13H2,1-6H3. The lowest BCUT2D eigenvalue weighted by Gasteiger charge is -2.36. The zero-order valence-electron chi connectivity index (χ0n) is 13.7. The molecule has 0 spiro atoms. The van der Waals surface area contributed by atoms with Crippen LogP contribution in [0.4, 0.5) is 0 Å². The second-order valence-electron chi connectivity index (χ2n) is 7.55. The molecule has 0 atom stereocenters. The molecule has 0 saturated heterocycles. The van der Waals surface area contributed by atoms with Gasteiger partial charge in [0.05, 0.1) is 6.61 Å². The number of methoxy groups -OCH3 is 1. The Labute approximate surface area is 119 Å². The molecular weight excluding hydrogens is 236 g/mol. The second-order valence-corrected chi connectivity index (χ2v) is 7.55. The molecule has 1 N–H and O–H groups in total. The Balaban J connectivity index is 2.38. The predicted molar refractivity (Wildman–Crippen MR) is 82.6 cm³/mol. The number of nitrogens with zero attached hydrogens (tertiary/aromatic N) is 1. The molecule has 0 amide bonds. The molecule has 0 unspecified atom stereocenters. The lowest BCUT2D eigenvalue weighted by Crippen LogP contribution is -2.47. The molecule has 0 radical (unpaired) electrons. The normalized spacial score (nSPS) is 18.5. The van der Waals surface area contributed by atoms with Gasteiger partial charge in [0, 0.05) is 38.8 Å². The van der Waals surface area contributed by atoms with Gasteiger partial charge in [0.15, 0.2) is 0 Å². The van der Waals surface area contributed by atoms with Crippen LogP contribution in [-0.4, -0.2) is 50.3 Å². The topological polar surface area (TPSA) is 24.5 Å². The first-order valence-corrected chi connectivity index (χ1v) is 7.36. The molecule has 0 aromatic heterocycles.